The lowest BCUT2D eigenvalue weighted by Gasteiger charge is -2.49. The fourth-order valence-corrected chi connectivity index (χ4v) is 6.03. The zero-order chi connectivity index (χ0) is 23.7. The molecule has 0 spiro atoms. The summed E-state index contributed by atoms with van der Waals surface area (Å²) in [5.41, 5.74) is 11.1. The molecule has 0 radical (unpaired) electrons. The van der Waals surface area contributed by atoms with E-state index in [1.165, 1.54) is 36.5 Å². The van der Waals surface area contributed by atoms with Crippen LogP contribution >= 0.6 is 34.9 Å². The number of nitrogen functional groups attached to an aromatic ring is 2. The van der Waals surface area contributed by atoms with E-state index in [1.807, 2.05) is 0 Å². The molecule has 0 aromatic carbocycles. The summed E-state index contributed by atoms with van der Waals surface area (Å²) in [6, 6.07) is 0.556. The lowest BCUT2D eigenvalue weighted by atomic mass is 10.0. The molecule has 6 N–H and O–H groups in total. The van der Waals surface area contributed by atoms with Gasteiger partial charge in [0.05, 0.1) is 0 Å². The first kappa shape index (κ1) is 22.8. The molecule has 4 heterocycles. The third kappa shape index (κ3) is 4.44. The molecule has 2 aliphatic heterocycles. The van der Waals surface area contributed by atoms with Crippen molar-refractivity contribution in [3.63, 3.8) is 0 Å². The van der Waals surface area contributed by atoms with Crippen LogP contribution in [0.5, 0.6) is 0 Å². The normalized spacial score (nSPS) is 20.2. The van der Waals surface area contributed by atoms with Gasteiger partial charge in [0, 0.05) is 22.2 Å². The van der Waals surface area contributed by atoms with Gasteiger partial charge in [-0.2, -0.15) is 0 Å². The molecular formula is C17H16N8O5S3. The fraction of sp³-hybridized carbons (Fsp3) is 0.235. The summed E-state index contributed by atoms with van der Waals surface area (Å²) in [5.74, 6) is -2.03. The number of carboxylic acids is 1. The number of thioether (sulfide) groups is 2. The third-order valence-electron chi connectivity index (χ3n) is 4.45. The van der Waals surface area contributed by atoms with Gasteiger partial charge in [0.1, 0.15) is 35.7 Å². The van der Waals surface area contributed by atoms with E-state index in [9.17, 15) is 19.5 Å². The summed E-state index contributed by atoms with van der Waals surface area (Å²) >= 11 is 3.44. The smallest absolute Gasteiger partial charge is 0.353 e. The van der Waals surface area contributed by atoms with Crippen molar-refractivity contribution in [1.29, 1.82) is 0 Å². The summed E-state index contributed by atoms with van der Waals surface area (Å²) in [6.07, 6.45) is 1.46. The molecule has 2 aliphatic rings. The van der Waals surface area contributed by atoms with Crippen LogP contribution in [0.15, 0.2) is 38.6 Å². The van der Waals surface area contributed by atoms with Crippen molar-refractivity contribution in [1.82, 2.24) is 25.2 Å². The van der Waals surface area contributed by atoms with Crippen LogP contribution in [0.2, 0.25) is 0 Å². The predicted molar refractivity (Wildman–Crippen MR) is 122 cm³/mol. The second-order valence-electron chi connectivity index (χ2n) is 6.50. The van der Waals surface area contributed by atoms with Crippen LogP contribution in [0, 0.1) is 0 Å². The number of hydrogen-bond acceptors (Lipinski definition) is 13. The molecule has 2 atom stereocenters. The zero-order valence-corrected chi connectivity index (χ0v) is 19.2. The number of hydrogen-bond donors (Lipinski definition) is 4. The average Bonchev–Trinajstić information content (AvgIpc) is 3.21. The van der Waals surface area contributed by atoms with Gasteiger partial charge in [-0.05, 0) is 6.07 Å². The summed E-state index contributed by atoms with van der Waals surface area (Å²) in [7, 11) is 1.27. The second-order valence-corrected chi connectivity index (χ2v) is 9.55. The largest absolute Gasteiger partial charge is 0.477 e. The number of anilines is 2. The molecular weight excluding hydrogens is 492 g/mol. The predicted octanol–water partition coefficient (Wildman–Crippen LogP) is -0.0636. The van der Waals surface area contributed by atoms with E-state index in [2.05, 4.69) is 25.4 Å². The number of thiazole rings is 1. The molecule has 4 rings (SSSR count). The Morgan fingerprint density at radius 3 is 2.82 bits per heavy atom. The highest BCUT2D eigenvalue weighted by atomic mass is 32.2. The summed E-state index contributed by atoms with van der Waals surface area (Å²) in [4.78, 5) is 56.0. The summed E-state index contributed by atoms with van der Waals surface area (Å²) in [6.45, 7) is 0. The Morgan fingerprint density at radius 2 is 2.18 bits per heavy atom. The Kier molecular flexibility index (Phi) is 6.39. The van der Waals surface area contributed by atoms with Crippen LogP contribution in [0.25, 0.3) is 0 Å². The maximum Gasteiger partial charge on any atom is 0.353 e. The van der Waals surface area contributed by atoms with Gasteiger partial charge in [0.15, 0.2) is 16.0 Å². The molecule has 2 amide bonds. The number of oxime groups is 1. The standard InChI is InChI=1S/C17H16N8O5S3/c1-30-24-9(6-4-32-16(19)21-6)12(26)23-10-13(27)25-11(15(28)29)7(5-31-14(10)25)33-17-20-3-2-8(18)22-17/h2-4,10,14H,5H2,1H3,(H2,19,21)(H,23,26)(H,28,29)(H2,18,20,22)/b24-9-/t10?,14-/m1/s1. The van der Waals surface area contributed by atoms with E-state index >= 15 is 0 Å². The molecule has 0 aliphatic carbocycles. The number of carboxylic acid groups (broad SMARTS) is 1. The van der Waals surface area contributed by atoms with Crippen molar-refractivity contribution in [3.05, 3.63) is 33.9 Å². The average molecular weight is 509 g/mol. The molecule has 172 valence electrons. The highest BCUT2D eigenvalue weighted by Crippen LogP contribution is 2.44. The SMILES string of the molecule is CO/N=C(\C(=O)NC1C(=O)N2C(C(=O)O)=C(Sc3nccc(N)n3)CS[C@H]12)c1csc(N)n1. The number of β-lactam (4-membered cyclic amide) rings is 1. The summed E-state index contributed by atoms with van der Waals surface area (Å²) in [5, 5.41) is 17.5. The van der Waals surface area contributed by atoms with Gasteiger partial charge in [0.25, 0.3) is 11.8 Å². The number of carbonyl (C=O) groups excluding carboxylic acids is 2. The molecule has 0 bridgehead atoms. The van der Waals surface area contributed by atoms with E-state index in [4.69, 9.17) is 16.3 Å². The van der Waals surface area contributed by atoms with Crippen molar-refractivity contribution in [3.8, 4) is 0 Å². The lowest BCUT2D eigenvalue weighted by Crippen LogP contribution is -2.71. The van der Waals surface area contributed by atoms with Crippen LogP contribution in [0.3, 0.4) is 0 Å². The Bertz CT molecular complexity index is 1200. The Labute approximate surface area is 198 Å². The molecule has 1 unspecified atom stereocenters. The van der Waals surface area contributed by atoms with E-state index in [-0.39, 0.29) is 39.0 Å². The maximum atomic E-state index is 12.9. The number of nitrogens with two attached hydrogens (primary N) is 2. The van der Waals surface area contributed by atoms with E-state index < -0.39 is 29.2 Å². The van der Waals surface area contributed by atoms with E-state index in [0.29, 0.717) is 4.91 Å². The van der Waals surface area contributed by atoms with Crippen LogP contribution < -0.4 is 16.8 Å². The molecule has 16 heteroatoms. The molecule has 1 fully saturated rings. The van der Waals surface area contributed by atoms with Gasteiger partial charge >= 0.3 is 5.97 Å². The number of aliphatic carboxylic acids is 1. The first-order valence-electron chi connectivity index (χ1n) is 9.11. The molecule has 2 aromatic heterocycles. The van der Waals surface area contributed by atoms with Crippen LogP contribution in [0.1, 0.15) is 5.69 Å². The van der Waals surface area contributed by atoms with Crippen LogP contribution in [-0.2, 0) is 19.2 Å². The van der Waals surface area contributed by atoms with Gasteiger partial charge in [-0.3, -0.25) is 14.5 Å². The topological polar surface area (TPSA) is 199 Å². The van der Waals surface area contributed by atoms with Crippen molar-refractivity contribution in [2.75, 3.05) is 24.3 Å². The second kappa shape index (κ2) is 9.24. The van der Waals surface area contributed by atoms with Crippen molar-refractivity contribution < 1.29 is 24.3 Å². The monoisotopic (exact) mass is 508 g/mol. The molecule has 33 heavy (non-hydrogen) atoms. The molecule has 13 nitrogen and oxygen atoms in total. The fourth-order valence-electron chi connectivity index (χ4n) is 3.08. The van der Waals surface area contributed by atoms with Gasteiger partial charge in [-0.15, -0.1) is 23.1 Å². The number of aromatic nitrogens is 3. The van der Waals surface area contributed by atoms with E-state index in [1.54, 1.807) is 0 Å². The van der Waals surface area contributed by atoms with Crippen molar-refractivity contribution in [2.45, 2.75) is 16.6 Å². The van der Waals surface area contributed by atoms with Crippen molar-refractivity contribution in [2.24, 2.45) is 5.16 Å². The van der Waals surface area contributed by atoms with Crippen LogP contribution in [-0.4, -0.2) is 72.7 Å². The Hall–Kier alpha value is -3.37. The Balaban J connectivity index is 1.54. The molecule has 2 aromatic rings. The lowest BCUT2D eigenvalue weighted by molar-refractivity contribution is -0.150. The first-order chi connectivity index (χ1) is 15.8. The molecule has 0 saturated carbocycles. The Morgan fingerprint density at radius 1 is 1.39 bits per heavy atom. The van der Waals surface area contributed by atoms with Gasteiger partial charge in [-0.1, -0.05) is 16.9 Å². The summed E-state index contributed by atoms with van der Waals surface area (Å²) < 4.78 is 0. The van der Waals surface area contributed by atoms with Gasteiger partial charge < -0.3 is 26.7 Å². The van der Waals surface area contributed by atoms with Gasteiger partial charge in [0.2, 0.25) is 0 Å². The number of rotatable bonds is 7. The van der Waals surface area contributed by atoms with Gasteiger partial charge in [-0.25, -0.2) is 19.7 Å². The first-order valence-corrected chi connectivity index (χ1v) is 11.9. The minimum Gasteiger partial charge on any atom is -0.477 e. The van der Waals surface area contributed by atoms with Crippen molar-refractivity contribution >= 4 is 69.3 Å². The number of nitrogens with zero attached hydrogens (tertiary/aromatic N) is 5. The quantitative estimate of drug-likeness (QED) is 0.168. The number of fused-ring (bicyclic) bond motifs is 1. The highest BCUT2D eigenvalue weighted by Gasteiger charge is 2.54. The number of amides is 2. The third-order valence-corrected chi connectivity index (χ3v) is 7.55. The molecule has 1 saturated heterocycles. The number of carbonyl (C=O) groups is 3. The van der Waals surface area contributed by atoms with Crippen LogP contribution in [0.4, 0.5) is 10.9 Å². The zero-order valence-electron chi connectivity index (χ0n) is 16.8. The highest BCUT2D eigenvalue weighted by molar-refractivity contribution is 8.06. The van der Waals surface area contributed by atoms with E-state index in [0.717, 1.165) is 28.0 Å². The minimum atomic E-state index is -1.27. The minimum absolute atomic E-state index is 0.151. The maximum absolute atomic E-state index is 12.9. The number of nitrogens with one attached hydrogen (secondary N) is 1.